The number of hydrogen-bond acceptors (Lipinski definition) is 2. The average molecular weight is 301 g/mol. The molecule has 4 rings (SSSR count). The van der Waals surface area contributed by atoms with Crippen molar-refractivity contribution >= 4 is 5.69 Å². The van der Waals surface area contributed by atoms with Crippen LogP contribution in [0, 0.1) is 6.92 Å². The first kappa shape index (κ1) is 13.9. The van der Waals surface area contributed by atoms with Gasteiger partial charge in [0.15, 0.2) is 0 Å². The quantitative estimate of drug-likeness (QED) is 0.728. The second-order valence-corrected chi connectivity index (χ2v) is 6.14. The largest absolute Gasteiger partial charge is 0.506 e. The van der Waals surface area contributed by atoms with Crippen molar-refractivity contribution in [3.63, 3.8) is 0 Å². The smallest absolute Gasteiger partial charge is 0.138 e. The van der Waals surface area contributed by atoms with E-state index in [0.29, 0.717) is 5.75 Å². The molecule has 0 atom stereocenters. The third kappa shape index (κ3) is 2.46. The number of phenolic OH excluding ortho intramolecular Hbond substituents is 1. The van der Waals surface area contributed by atoms with Crippen molar-refractivity contribution in [1.82, 2.24) is 0 Å². The maximum absolute atomic E-state index is 10.3. The standard InChI is InChI=1S/C21H19NO/c1-15-6-5-9-18-13-22(14-19(15)18)20-12-17(10-11-21(20)23)16-7-3-2-4-8-16/h2-12,23H,13-14H2,1H3. The van der Waals surface area contributed by atoms with Crippen LogP contribution in [-0.2, 0) is 13.1 Å². The monoisotopic (exact) mass is 301 g/mol. The Morgan fingerprint density at radius 1 is 0.826 bits per heavy atom. The minimum Gasteiger partial charge on any atom is -0.506 e. The Labute approximate surface area is 136 Å². The van der Waals surface area contributed by atoms with Crippen LogP contribution in [0.25, 0.3) is 11.1 Å². The zero-order valence-corrected chi connectivity index (χ0v) is 13.2. The van der Waals surface area contributed by atoms with Gasteiger partial charge in [-0.3, -0.25) is 0 Å². The van der Waals surface area contributed by atoms with Crippen molar-refractivity contribution in [2.45, 2.75) is 20.0 Å². The van der Waals surface area contributed by atoms with E-state index in [-0.39, 0.29) is 0 Å². The van der Waals surface area contributed by atoms with E-state index < -0.39 is 0 Å². The van der Waals surface area contributed by atoms with Crippen molar-refractivity contribution < 1.29 is 5.11 Å². The number of nitrogens with zero attached hydrogens (tertiary/aromatic N) is 1. The molecule has 23 heavy (non-hydrogen) atoms. The Morgan fingerprint density at radius 2 is 1.65 bits per heavy atom. The fraction of sp³-hybridized carbons (Fsp3) is 0.143. The van der Waals surface area contributed by atoms with Gasteiger partial charge in [0, 0.05) is 13.1 Å². The molecule has 1 aliphatic rings. The summed E-state index contributed by atoms with van der Waals surface area (Å²) in [7, 11) is 0. The van der Waals surface area contributed by atoms with E-state index in [4.69, 9.17) is 0 Å². The predicted molar refractivity (Wildman–Crippen MR) is 94.6 cm³/mol. The molecular formula is C21H19NO. The molecule has 0 fully saturated rings. The Bertz CT molecular complexity index is 855. The van der Waals surface area contributed by atoms with Gasteiger partial charge in [0.2, 0.25) is 0 Å². The average Bonchev–Trinajstić information content (AvgIpc) is 3.01. The van der Waals surface area contributed by atoms with E-state index in [1.807, 2.05) is 24.3 Å². The van der Waals surface area contributed by atoms with Crippen LogP contribution >= 0.6 is 0 Å². The number of hydrogen-bond donors (Lipinski definition) is 1. The van der Waals surface area contributed by atoms with Crippen LogP contribution in [0.1, 0.15) is 16.7 Å². The summed E-state index contributed by atoms with van der Waals surface area (Å²) in [4.78, 5) is 2.25. The number of aryl methyl sites for hydroxylation is 1. The summed E-state index contributed by atoms with van der Waals surface area (Å²) in [5.74, 6) is 0.343. The van der Waals surface area contributed by atoms with Crippen molar-refractivity contribution in [2.75, 3.05) is 4.90 Å². The molecule has 0 spiro atoms. The number of benzene rings is 3. The van der Waals surface area contributed by atoms with E-state index in [0.717, 1.165) is 24.3 Å². The maximum Gasteiger partial charge on any atom is 0.138 e. The molecule has 0 saturated carbocycles. The Morgan fingerprint density at radius 3 is 2.43 bits per heavy atom. The van der Waals surface area contributed by atoms with Crippen molar-refractivity contribution in [3.8, 4) is 16.9 Å². The summed E-state index contributed by atoms with van der Waals surface area (Å²) < 4.78 is 0. The first-order valence-electron chi connectivity index (χ1n) is 7.93. The molecular weight excluding hydrogens is 282 g/mol. The second kappa shape index (κ2) is 5.47. The van der Waals surface area contributed by atoms with E-state index >= 15 is 0 Å². The fourth-order valence-electron chi connectivity index (χ4n) is 3.35. The Kier molecular flexibility index (Phi) is 3.30. The van der Waals surface area contributed by atoms with Gasteiger partial charge in [0.1, 0.15) is 5.75 Å². The highest BCUT2D eigenvalue weighted by atomic mass is 16.3. The molecule has 0 radical (unpaired) electrons. The zero-order chi connectivity index (χ0) is 15.8. The molecule has 1 heterocycles. The van der Waals surface area contributed by atoms with Crippen LogP contribution in [0.5, 0.6) is 5.75 Å². The van der Waals surface area contributed by atoms with E-state index in [2.05, 4.69) is 48.2 Å². The first-order valence-corrected chi connectivity index (χ1v) is 7.93. The third-order valence-corrected chi connectivity index (χ3v) is 4.64. The minimum atomic E-state index is 0.343. The highest BCUT2D eigenvalue weighted by Gasteiger charge is 2.22. The van der Waals surface area contributed by atoms with Gasteiger partial charge in [-0.1, -0.05) is 54.6 Å². The normalized spacial score (nSPS) is 13.2. The molecule has 2 nitrogen and oxygen atoms in total. The minimum absolute atomic E-state index is 0.343. The summed E-state index contributed by atoms with van der Waals surface area (Å²) in [6.45, 7) is 3.86. The summed E-state index contributed by atoms with van der Waals surface area (Å²) >= 11 is 0. The van der Waals surface area contributed by atoms with Gasteiger partial charge in [0.25, 0.3) is 0 Å². The summed E-state index contributed by atoms with van der Waals surface area (Å²) in [6.07, 6.45) is 0. The highest BCUT2D eigenvalue weighted by Crippen LogP contribution is 2.37. The van der Waals surface area contributed by atoms with E-state index in [1.165, 1.54) is 22.3 Å². The van der Waals surface area contributed by atoms with Gasteiger partial charge in [-0.25, -0.2) is 0 Å². The van der Waals surface area contributed by atoms with Gasteiger partial charge >= 0.3 is 0 Å². The number of rotatable bonds is 2. The molecule has 0 aromatic heterocycles. The SMILES string of the molecule is Cc1cccc2c1CN(c1cc(-c3ccccc3)ccc1O)C2. The molecule has 0 aliphatic carbocycles. The molecule has 2 heteroatoms. The lowest BCUT2D eigenvalue weighted by Crippen LogP contribution is -2.14. The van der Waals surface area contributed by atoms with Crippen LogP contribution in [0.15, 0.2) is 66.7 Å². The Balaban J connectivity index is 1.72. The maximum atomic E-state index is 10.3. The zero-order valence-electron chi connectivity index (χ0n) is 13.2. The second-order valence-electron chi connectivity index (χ2n) is 6.14. The first-order chi connectivity index (χ1) is 11.2. The van der Waals surface area contributed by atoms with Crippen LogP contribution < -0.4 is 4.90 Å². The van der Waals surface area contributed by atoms with E-state index in [1.54, 1.807) is 6.07 Å². The number of aromatic hydroxyl groups is 1. The lowest BCUT2D eigenvalue weighted by Gasteiger charge is -2.20. The molecule has 1 N–H and O–H groups in total. The summed E-state index contributed by atoms with van der Waals surface area (Å²) in [5, 5.41) is 10.3. The Hall–Kier alpha value is -2.74. The molecule has 114 valence electrons. The van der Waals surface area contributed by atoms with Gasteiger partial charge < -0.3 is 10.0 Å². The molecule has 0 unspecified atom stereocenters. The van der Waals surface area contributed by atoms with Gasteiger partial charge in [0.05, 0.1) is 5.69 Å². The lowest BCUT2D eigenvalue weighted by molar-refractivity contribution is 0.474. The molecule has 1 aliphatic heterocycles. The fourth-order valence-corrected chi connectivity index (χ4v) is 3.35. The molecule has 0 bridgehead atoms. The third-order valence-electron chi connectivity index (χ3n) is 4.64. The van der Waals surface area contributed by atoms with Crippen molar-refractivity contribution in [1.29, 1.82) is 0 Å². The van der Waals surface area contributed by atoms with Crippen molar-refractivity contribution in [3.05, 3.63) is 83.4 Å². The number of anilines is 1. The van der Waals surface area contributed by atoms with Gasteiger partial charge in [-0.15, -0.1) is 0 Å². The van der Waals surface area contributed by atoms with Crippen LogP contribution in [-0.4, -0.2) is 5.11 Å². The van der Waals surface area contributed by atoms with Gasteiger partial charge in [-0.2, -0.15) is 0 Å². The number of phenols is 1. The predicted octanol–water partition coefficient (Wildman–Crippen LogP) is 4.89. The van der Waals surface area contributed by atoms with Crippen LogP contribution in [0.2, 0.25) is 0 Å². The van der Waals surface area contributed by atoms with Gasteiger partial charge in [-0.05, 0) is 46.9 Å². The van der Waals surface area contributed by atoms with Crippen molar-refractivity contribution in [2.24, 2.45) is 0 Å². The van der Waals surface area contributed by atoms with E-state index in [9.17, 15) is 5.11 Å². The summed E-state index contributed by atoms with van der Waals surface area (Å²) in [6, 6.07) is 22.6. The molecule has 0 saturated heterocycles. The molecule has 0 amide bonds. The topological polar surface area (TPSA) is 23.5 Å². The number of fused-ring (bicyclic) bond motifs is 1. The highest BCUT2D eigenvalue weighted by molar-refractivity contribution is 5.73. The molecule has 3 aromatic rings. The van der Waals surface area contributed by atoms with Crippen LogP contribution in [0.3, 0.4) is 0 Å². The molecule has 3 aromatic carbocycles. The van der Waals surface area contributed by atoms with Crippen LogP contribution in [0.4, 0.5) is 5.69 Å². The lowest BCUT2D eigenvalue weighted by atomic mass is 10.0. The summed E-state index contributed by atoms with van der Waals surface area (Å²) in [5.41, 5.74) is 7.27.